The normalized spacial score (nSPS) is 20.5. The van der Waals surface area contributed by atoms with Crippen LogP contribution in [0.4, 0.5) is 14.6 Å². The lowest BCUT2D eigenvalue weighted by Crippen LogP contribution is -2.61. The van der Waals surface area contributed by atoms with E-state index in [9.17, 15) is 5.11 Å². The molecule has 8 rings (SSSR count). The molecule has 1 aromatic heterocycles. The Morgan fingerprint density at radius 2 is 1.88 bits per heavy atom. The number of rotatable bonds is 7. The Labute approximate surface area is 244 Å². The van der Waals surface area contributed by atoms with Gasteiger partial charge in [0, 0.05) is 42.5 Å². The highest BCUT2D eigenvalue weighted by Crippen LogP contribution is 2.46. The molecule has 1 saturated carbocycles. The molecule has 0 spiro atoms. The van der Waals surface area contributed by atoms with Crippen LogP contribution >= 0.6 is 0 Å². The maximum absolute atomic E-state index is 16.5. The summed E-state index contributed by atoms with van der Waals surface area (Å²) >= 11 is 0. The van der Waals surface area contributed by atoms with E-state index < -0.39 is 11.6 Å². The molecule has 4 fully saturated rings. The van der Waals surface area contributed by atoms with Crippen LogP contribution in [0, 0.1) is 17.0 Å². The molecule has 2 bridgehead atoms. The van der Waals surface area contributed by atoms with Crippen LogP contribution in [-0.4, -0.2) is 72.4 Å². The minimum Gasteiger partial charge on any atom is -0.508 e. The van der Waals surface area contributed by atoms with Crippen LogP contribution < -0.4 is 15.0 Å². The van der Waals surface area contributed by atoms with Gasteiger partial charge < -0.3 is 25.0 Å². The van der Waals surface area contributed by atoms with E-state index in [2.05, 4.69) is 33.3 Å². The average Bonchev–Trinajstić information content (AvgIpc) is 3.76. The lowest BCUT2D eigenvalue weighted by atomic mass is 9.92. The van der Waals surface area contributed by atoms with Gasteiger partial charge in [-0.25, -0.2) is 8.78 Å². The Bertz CT molecular complexity index is 1630. The molecule has 4 heterocycles. The van der Waals surface area contributed by atoms with Crippen molar-refractivity contribution in [2.45, 2.75) is 37.8 Å². The molecule has 3 saturated heterocycles. The fraction of sp³-hybridized carbons (Fsp3) is 0.394. The Hall–Kier alpha value is -3.82. The second-order valence-electron chi connectivity index (χ2n) is 12.0. The number of fused-ring (bicyclic) bond motifs is 5. The van der Waals surface area contributed by atoms with Gasteiger partial charge in [-0.1, -0.05) is 24.3 Å². The Morgan fingerprint density at radius 3 is 2.55 bits per heavy atom. The van der Waals surface area contributed by atoms with E-state index >= 15 is 8.78 Å². The summed E-state index contributed by atoms with van der Waals surface area (Å²) in [5.41, 5.74) is 0.126. The maximum Gasteiger partial charge on any atom is 0.319 e. The molecule has 0 amide bonds. The number of anilines is 1. The second kappa shape index (κ2) is 11.1. The van der Waals surface area contributed by atoms with Crippen LogP contribution in [0.25, 0.3) is 32.8 Å². The van der Waals surface area contributed by atoms with Crippen molar-refractivity contribution in [2.24, 2.45) is 5.41 Å². The van der Waals surface area contributed by atoms with Crippen molar-refractivity contribution < 1.29 is 18.6 Å². The summed E-state index contributed by atoms with van der Waals surface area (Å²) in [4.78, 5) is 13.6. The highest BCUT2D eigenvalue weighted by molar-refractivity contribution is 6.01. The summed E-state index contributed by atoms with van der Waals surface area (Å²) in [6, 6.07) is 12.2. The van der Waals surface area contributed by atoms with Gasteiger partial charge in [0.25, 0.3) is 0 Å². The number of benzene rings is 3. The van der Waals surface area contributed by atoms with E-state index in [1.807, 2.05) is 32.3 Å². The number of phenolic OH excluding ortho intramolecular Hbond substituents is 1. The van der Waals surface area contributed by atoms with Gasteiger partial charge >= 0.3 is 6.01 Å². The fourth-order valence-electron chi connectivity index (χ4n) is 6.57. The highest BCUT2D eigenvalue weighted by Gasteiger charge is 2.44. The quantitative estimate of drug-likeness (QED) is 0.267. The summed E-state index contributed by atoms with van der Waals surface area (Å²) < 4.78 is 38.7. The van der Waals surface area contributed by atoms with E-state index in [0.717, 1.165) is 38.8 Å². The number of phenols is 1. The molecular weight excluding hydrogens is 536 g/mol. The van der Waals surface area contributed by atoms with E-state index in [-0.39, 0.29) is 39.9 Å². The summed E-state index contributed by atoms with van der Waals surface area (Å²) in [5.74, 6) is -1.05. The molecule has 4 aliphatic rings. The fourth-order valence-corrected chi connectivity index (χ4v) is 6.57. The molecule has 0 radical (unpaired) electrons. The van der Waals surface area contributed by atoms with Crippen LogP contribution in [0.2, 0.25) is 0 Å². The van der Waals surface area contributed by atoms with Gasteiger partial charge in [-0.15, -0.1) is 13.2 Å². The lowest BCUT2D eigenvalue weighted by molar-refractivity contribution is 0.183. The number of halogens is 2. The lowest BCUT2D eigenvalue weighted by Gasteiger charge is -2.46. The van der Waals surface area contributed by atoms with Crippen molar-refractivity contribution in [3.63, 3.8) is 0 Å². The van der Waals surface area contributed by atoms with Crippen molar-refractivity contribution in [2.75, 3.05) is 45.2 Å². The first kappa shape index (κ1) is 28.3. The molecule has 7 nitrogen and oxygen atoms in total. The molecule has 220 valence electrons. The molecular formula is C33H37F2N5O2. The van der Waals surface area contributed by atoms with Crippen LogP contribution in [0.15, 0.2) is 55.6 Å². The summed E-state index contributed by atoms with van der Waals surface area (Å²) in [6.45, 7) is 8.85. The SMILES string of the molecule is C=C.CN(C)CC1(COc2nc(N3C[C@@H]4CC[C@H]3CN4)c3cc(F)c(-c4cc(O)cc5ccccc45)c(F)c3n2)CC1. The summed E-state index contributed by atoms with van der Waals surface area (Å²) in [7, 11) is 4.08. The first-order valence-electron chi connectivity index (χ1n) is 14.5. The van der Waals surface area contributed by atoms with Gasteiger partial charge in [0.05, 0.1) is 12.2 Å². The monoisotopic (exact) mass is 573 g/mol. The predicted molar refractivity (Wildman–Crippen MR) is 163 cm³/mol. The average molecular weight is 574 g/mol. The molecule has 1 aliphatic carbocycles. The highest BCUT2D eigenvalue weighted by atomic mass is 19.1. The maximum atomic E-state index is 16.5. The molecule has 3 aliphatic heterocycles. The zero-order valence-electron chi connectivity index (χ0n) is 24.2. The van der Waals surface area contributed by atoms with Crippen molar-refractivity contribution in [3.8, 4) is 22.9 Å². The Morgan fingerprint density at radius 1 is 1.10 bits per heavy atom. The zero-order chi connectivity index (χ0) is 29.6. The van der Waals surface area contributed by atoms with Crippen LogP contribution in [0.5, 0.6) is 11.8 Å². The number of hydrogen-bond acceptors (Lipinski definition) is 7. The van der Waals surface area contributed by atoms with Crippen molar-refractivity contribution >= 4 is 27.5 Å². The van der Waals surface area contributed by atoms with Gasteiger partial charge in [-0.2, -0.15) is 9.97 Å². The third kappa shape index (κ3) is 5.16. The number of hydrogen-bond donors (Lipinski definition) is 2. The smallest absolute Gasteiger partial charge is 0.319 e. The topological polar surface area (TPSA) is 73.8 Å². The Kier molecular flexibility index (Phi) is 7.49. The molecule has 2 N–H and O–H groups in total. The van der Waals surface area contributed by atoms with Gasteiger partial charge in [0.15, 0.2) is 5.82 Å². The van der Waals surface area contributed by atoms with Crippen molar-refractivity contribution in [1.29, 1.82) is 0 Å². The number of aromatic hydroxyl groups is 1. The predicted octanol–water partition coefficient (Wildman–Crippen LogP) is 5.90. The number of nitrogens with one attached hydrogen (secondary N) is 1. The molecule has 4 aromatic rings. The molecule has 3 aromatic carbocycles. The van der Waals surface area contributed by atoms with Crippen molar-refractivity contribution in [3.05, 3.63) is 67.3 Å². The number of ether oxygens (including phenoxy) is 1. The number of piperazine rings is 1. The van der Waals surface area contributed by atoms with Crippen LogP contribution in [0.3, 0.4) is 0 Å². The van der Waals surface area contributed by atoms with Gasteiger partial charge in [-0.3, -0.25) is 0 Å². The Balaban J connectivity index is 0.00000155. The van der Waals surface area contributed by atoms with E-state index in [1.54, 1.807) is 12.1 Å². The van der Waals surface area contributed by atoms with E-state index in [1.165, 1.54) is 12.1 Å². The van der Waals surface area contributed by atoms with Crippen LogP contribution in [-0.2, 0) is 0 Å². The van der Waals surface area contributed by atoms with Gasteiger partial charge in [-0.05, 0) is 74.3 Å². The third-order valence-electron chi connectivity index (χ3n) is 8.69. The molecule has 42 heavy (non-hydrogen) atoms. The first-order valence-corrected chi connectivity index (χ1v) is 14.5. The van der Waals surface area contributed by atoms with E-state index in [4.69, 9.17) is 9.72 Å². The molecule has 9 heteroatoms. The molecule has 2 atom stereocenters. The largest absolute Gasteiger partial charge is 0.508 e. The minimum atomic E-state index is -0.783. The van der Waals surface area contributed by atoms with E-state index in [0.29, 0.717) is 41.2 Å². The number of piperidine rings is 2. The van der Waals surface area contributed by atoms with Crippen molar-refractivity contribution in [1.82, 2.24) is 20.2 Å². The summed E-state index contributed by atoms with van der Waals surface area (Å²) in [5, 5.41) is 15.6. The zero-order valence-corrected chi connectivity index (χ0v) is 24.2. The summed E-state index contributed by atoms with van der Waals surface area (Å²) in [6.07, 6.45) is 4.17. The second-order valence-corrected chi connectivity index (χ2v) is 12.0. The minimum absolute atomic E-state index is 0.0238. The first-order chi connectivity index (χ1) is 20.3. The number of nitrogens with zero attached hydrogens (tertiary/aromatic N) is 4. The van der Waals surface area contributed by atoms with Crippen LogP contribution in [0.1, 0.15) is 25.7 Å². The van der Waals surface area contributed by atoms with Gasteiger partial charge in [0.1, 0.15) is 22.9 Å². The number of aromatic nitrogens is 2. The standard InChI is InChI=1S/C31H33F2N5O2.C2H4/c1-37(2)16-31(9-10-31)17-40-30-35-28-24(29(36-30)38-15-19-7-8-20(38)14-34-19)13-25(32)26(27(28)33)23-12-21(39)11-18-5-3-4-6-22(18)23;1-2/h3-6,11-13,19-20,34,39H,7-10,14-17H2,1-2H3;1-2H2/t19-,20-;/m0./s1. The molecule has 0 unspecified atom stereocenters. The van der Waals surface area contributed by atoms with Gasteiger partial charge in [0.2, 0.25) is 0 Å². The third-order valence-corrected chi connectivity index (χ3v) is 8.69.